The van der Waals surface area contributed by atoms with Crippen molar-refractivity contribution in [1.82, 2.24) is 0 Å². The fraction of sp³-hybridized carbons (Fsp3) is 0.294. The molecule has 0 saturated carbocycles. The van der Waals surface area contributed by atoms with Crippen LogP contribution in [0.4, 0.5) is 8.78 Å². The Kier molecular flexibility index (Phi) is 4.85. The van der Waals surface area contributed by atoms with Gasteiger partial charge in [0, 0.05) is 6.42 Å². The van der Waals surface area contributed by atoms with Crippen LogP contribution in [0.2, 0.25) is 0 Å². The number of aliphatic hydroxyl groups excluding tert-OH is 1. The van der Waals surface area contributed by atoms with Crippen molar-refractivity contribution in [3.05, 3.63) is 70.8 Å². The van der Waals surface area contributed by atoms with E-state index >= 15 is 0 Å². The minimum atomic E-state index is -0.867. The smallest absolute Gasteiger partial charge is 0.162 e. The first-order chi connectivity index (χ1) is 9.56. The summed E-state index contributed by atoms with van der Waals surface area (Å²) >= 11 is 0. The zero-order chi connectivity index (χ0) is 14.5. The van der Waals surface area contributed by atoms with Crippen molar-refractivity contribution in [1.29, 1.82) is 0 Å². The van der Waals surface area contributed by atoms with E-state index < -0.39 is 17.7 Å². The molecule has 0 radical (unpaired) electrons. The highest BCUT2D eigenvalue weighted by Gasteiger charge is 2.12. The molecule has 0 aliphatic heterocycles. The average Bonchev–Trinajstić information content (AvgIpc) is 2.42. The van der Waals surface area contributed by atoms with Gasteiger partial charge in [0.1, 0.15) is 0 Å². The second-order valence-corrected chi connectivity index (χ2v) is 5.10. The van der Waals surface area contributed by atoms with Crippen LogP contribution >= 0.6 is 0 Å². The van der Waals surface area contributed by atoms with Crippen molar-refractivity contribution >= 4 is 0 Å². The Balaban J connectivity index is 1.92. The number of halogens is 2. The molecule has 0 heterocycles. The molecular weight excluding hydrogens is 258 g/mol. The summed E-state index contributed by atoms with van der Waals surface area (Å²) in [5, 5.41) is 9.96. The van der Waals surface area contributed by atoms with E-state index in [4.69, 9.17) is 0 Å². The minimum absolute atomic E-state index is 0.134. The van der Waals surface area contributed by atoms with E-state index in [1.54, 1.807) is 0 Å². The van der Waals surface area contributed by atoms with Crippen LogP contribution in [0, 0.1) is 18.6 Å². The van der Waals surface area contributed by atoms with Gasteiger partial charge < -0.3 is 5.11 Å². The zero-order valence-corrected chi connectivity index (χ0v) is 11.4. The Morgan fingerprint density at radius 3 is 2.60 bits per heavy atom. The van der Waals surface area contributed by atoms with Crippen molar-refractivity contribution in [3.8, 4) is 0 Å². The average molecular weight is 276 g/mol. The maximum absolute atomic E-state index is 13.5. The fourth-order valence-corrected chi connectivity index (χ4v) is 2.26. The van der Waals surface area contributed by atoms with Crippen molar-refractivity contribution < 1.29 is 13.9 Å². The van der Waals surface area contributed by atoms with E-state index in [1.807, 2.05) is 25.1 Å². The fourth-order valence-electron chi connectivity index (χ4n) is 2.26. The number of hydrogen-bond acceptors (Lipinski definition) is 1. The van der Waals surface area contributed by atoms with Crippen molar-refractivity contribution in [2.24, 2.45) is 0 Å². The topological polar surface area (TPSA) is 20.2 Å². The van der Waals surface area contributed by atoms with Crippen molar-refractivity contribution in [2.75, 3.05) is 0 Å². The molecule has 2 aromatic carbocycles. The highest BCUT2D eigenvalue weighted by atomic mass is 19.2. The van der Waals surface area contributed by atoms with E-state index in [9.17, 15) is 13.9 Å². The maximum atomic E-state index is 13.5. The van der Waals surface area contributed by atoms with Crippen LogP contribution in [0.15, 0.2) is 42.5 Å². The molecule has 2 rings (SSSR count). The lowest BCUT2D eigenvalue weighted by atomic mass is 10.00. The third kappa shape index (κ3) is 3.87. The summed E-state index contributed by atoms with van der Waals surface area (Å²) < 4.78 is 26.6. The van der Waals surface area contributed by atoms with Gasteiger partial charge in [0.05, 0.1) is 6.10 Å². The van der Waals surface area contributed by atoms with Crippen molar-refractivity contribution in [3.63, 3.8) is 0 Å². The van der Waals surface area contributed by atoms with Crippen LogP contribution in [0.1, 0.15) is 23.1 Å². The second kappa shape index (κ2) is 6.62. The lowest BCUT2D eigenvalue weighted by Crippen LogP contribution is -2.13. The highest BCUT2D eigenvalue weighted by Crippen LogP contribution is 2.16. The molecular formula is C17H18F2O. The Morgan fingerprint density at radius 1 is 1.10 bits per heavy atom. The van der Waals surface area contributed by atoms with Gasteiger partial charge in [0.15, 0.2) is 11.6 Å². The molecule has 0 bridgehead atoms. The van der Waals surface area contributed by atoms with E-state index in [-0.39, 0.29) is 12.0 Å². The molecule has 1 N–H and O–H groups in total. The SMILES string of the molecule is Cc1cccc(CCC(O)Cc2cccc(F)c2F)c1. The van der Waals surface area contributed by atoms with Crippen LogP contribution in [0.3, 0.4) is 0 Å². The van der Waals surface area contributed by atoms with Crippen LogP contribution in [0.5, 0.6) is 0 Å². The molecule has 20 heavy (non-hydrogen) atoms. The van der Waals surface area contributed by atoms with Gasteiger partial charge in [-0.2, -0.15) is 0 Å². The molecule has 0 aliphatic carbocycles. The van der Waals surface area contributed by atoms with Gasteiger partial charge in [-0.1, -0.05) is 42.0 Å². The summed E-state index contributed by atoms with van der Waals surface area (Å²) in [7, 11) is 0. The molecule has 0 amide bonds. The lowest BCUT2D eigenvalue weighted by molar-refractivity contribution is 0.163. The van der Waals surface area contributed by atoms with Crippen LogP contribution in [0.25, 0.3) is 0 Å². The summed E-state index contributed by atoms with van der Waals surface area (Å²) in [4.78, 5) is 0. The Bertz CT molecular complexity index is 581. The van der Waals surface area contributed by atoms with Gasteiger partial charge >= 0.3 is 0 Å². The van der Waals surface area contributed by atoms with E-state index in [1.165, 1.54) is 17.7 Å². The van der Waals surface area contributed by atoms with Gasteiger partial charge in [0.2, 0.25) is 0 Å². The van der Waals surface area contributed by atoms with Gasteiger partial charge in [-0.15, -0.1) is 0 Å². The molecule has 0 spiro atoms. The Hall–Kier alpha value is -1.74. The van der Waals surface area contributed by atoms with Crippen molar-refractivity contribution in [2.45, 2.75) is 32.3 Å². The number of benzene rings is 2. The van der Waals surface area contributed by atoms with E-state index in [0.29, 0.717) is 6.42 Å². The molecule has 1 atom stereocenters. The number of aliphatic hydroxyl groups is 1. The quantitative estimate of drug-likeness (QED) is 0.880. The zero-order valence-electron chi connectivity index (χ0n) is 11.4. The monoisotopic (exact) mass is 276 g/mol. The molecule has 0 fully saturated rings. The Labute approximate surface area is 117 Å². The van der Waals surface area contributed by atoms with E-state index in [2.05, 4.69) is 6.07 Å². The summed E-state index contributed by atoms with van der Waals surface area (Å²) in [6, 6.07) is 12.1. The highest BCUT2D eigenvalue weighted by molar-refractivity contribution is 5.23. The number of aryl methyl sites for hydroxylation is 2. The summed E-state index contributed by atoms with van der Waals surface area (Å²) in [5.74, 6) is -1.73. The van der Waals surface area contributed by atoms with Gasteiger partial charge in [0.25, 0.3) is 0 Å². The summed E-state index contributed by atoms with van der Waals surface area (Å²) in [6.07, 6.45) is 0.709. The van der Waals surface area contributed by atoms with E-state index in [0.717, 1.165) is 18.1 Å². The first kappa shape index (κ1) is 14.7. The van der Waals surface area contributed by atoms with Gasteiger partial charge in [-0.3, -0.25) is 0 Å². The molecule has 2 aromatic rings. The summed E-state index contributed by atoms with van der Waals surface area (Å²) in [6.45, 7) is 2.02. The number of rotatable bonds is 5. The molecule has 106 valence electrons. The predicted octanol–water partition coefficient (Wildman–Crippen LogP) is 3.81. The largest absolute Gasteiger partial charge is 0.393 e. The summed E-state index contributed by atoms with van der Waals surface area (Å²) in [5.41, 5.74) is 2.54. The molecule has 0 aliphatic rings. The van der Waals surface area contributed by atoms with Crippen LogP contribution < -0.4 is 0 Å². The van der Waals surface area contributed by atoms with Crippen LogP contribution in [-0.4, -0.2) is 11.2 Å². The lowest BCUT2D eigenvalue weighted by Gasteiger charge is -2.12. The standard InChI is InChI=1S/C17H18F2O/c1-12-4-2-5-13(10-12)8-9-15(20)11-14-6-3-7-16(18)17(14)19/h2-7,10,15,20H,8-9,11H2,1H3. The first-order valence-corrected chi connectivity index (χ1v) is 6.73. The molecule has 1 unspecified atom stereocenters. The third-order valence-electron chi connectivity index (χ3n) is 3.34. The molecule has 3 heteroatoms. The predicted molar refractivity (Wildman–Crippen MR) is 75.6 cm³/mol. The number of hydrogen-bond donors (Lipinski definition) is 1. The maximum Gasteiger partial charge on any atom is 0.162 e. The molecule has 0 aromatic heterocycles. The van der Waals surface area contributed by atoms with Gasteiger partial charge in [-0.05, 0) is 37.0 Å². The Morgan fingerprint density at radius 2 is 1.85 bits per heavy atom. The van der Waals surface area contributed by atoms with Crippen LogP contribution in [-0.2, 0) is 12.8 Å². The first-order valence-electron chi connectivity index (χ1n) is 6.73. The molecule has 0 saturated heterocycles. The molecule has 1 nitrogen and oxygen atoms in total. The van der Waals surface area contributed by atoms with Gasteiger partial charge in [-0.25, -0.2) is 8.78 Å². The second-order valence-electron chi connectivity index (χ2n) is 5.10. The normalized spacial score (nSPS) is 12.4. The third-order valence-corrected chi connectivity index (χ3v) is 3.34. The minimum Gasteiger partial charge on any atom is -0.393 e.